The number of hydrogen-bond acceptors (Lipinski definition) is 3. The molecule has 0 atom stereocenters. The molecular weight excluding hydrogens is 354 g/mol. The van der Waals surface area contributed by atoms with Gasteiger partial charge in [-0.3, -0.25) is 14.3 Å². The van der Waals surface area contributed by atoms with Crippen LogP contribution in [-0.2, 0) is 31.5 Å². The first kappa shape index (κ1) is 17.1. The molecule has 1 fully saturated rings. The van der Waals surface area contributed by atoms with E-state index < -0.39 is 0 Å². The van der Waals surface area contributed by atoms with E-state index >= 15 is 0 Å². The number of rotatable bonds is 4. The Morgan fingerprint density at radius 3 is 2.77 bits per heavy atom. The average molecular weight is 376 g/mol. The molecule has 26 heavy (non-hydrogen) atoms. The van der Waals surface area contributed by atoms with Crippen molar-refractivity contribution < 1.29 is 9.59 Å². The summed E-state index contributed by atoms with van der Waals surface area (Å²) in [7, 11) is 1.78. The number of aryl methyl sites for hydroxylation is 1. The molecule has 2 aromatic rings. The lowest BCUT2D eigenvalue weighted by atomic mass is 9.84. The molecule has 1 aliphatic heterocycles. The van der Waals surface area contributed by atoms with Gasteiger partial charge in [0.05, 0.1) is 36.0 Å². The van der Waals surface area contributed by atoms with Crippen molar-refractivity contribution in [3.05, 3.63) is 40.4 Å². The third-order valence-corrected chi connectivity index (χ3v) is 5.46. The van der Waals surface area contributed by atoms with Crippen LogP contribution in [-0.4, -0.2) is 37.6 Å². The molecule has 2 aromatic heterocycles. The second-order valence-corrected chi connectivity index (χ2v) is 7.51. The number of aromatic nitrogens is 3. The highest BCUT2D eigenvalue weighted by Gasteiger charge is 2.31. The van der Waals surface area contributed by atoms with E-state index in [2.05, 4.69) is 10.4 Å². The molecule has 7 nitrogen and oxygen atoms in total. The molecule has 1 saturated carbocycles. The molecule has 1 aliphatic carbocycles. The molecule has 8 heteroatoms. The van der Waals surface area contributed by atoms with Crippen LogP contribution < -0.4 is 5.32 Å². The molecule has 0 bridgehead atoms. The molecule has 0 saturated heterocycles. The Balaban J connectivity index is 1.38. The molecule has 0 unspecified atom stereocenters. The number of halogens is 1. The van der Waals surface area contributed by atoms with Crippen LogP contribution in [0.3, 0.4) is 0 Å². The second kappa shape index (κ2) is 6.79. The highest BCUT2D eigenvalue weighted by Crippen LogP contribution is 2.29. The van der Waals surface area contributed by atoms with Gasteiger partial charge >= 0.3 is 0 Å². The maximum atomic E-state index is 12.4. The molecule has 4 rings (SSSR count). The number of fused-ring (bicyclic) bond motifs is 1. The Morgan fingerprint density at radius 1 is 1.31 bits per heavy atom. The zero-order valence-electron chi connectivity index (χ0n) is 14.7. The van der Waals surface area contributed by atoms with Gasteiger partial charge in [0, 0.05) is 25.7 Å². The summed E-state index contributed by atoms with van der Waals surface area (Å²) in [5.41, 5.74) is 2.33. The summed E-state index contributed by atoms with van der Waals surface area (Å²) in [6.07, 6.45) is 4.90. The topological polar surface area (TPSA) is 72.2 Å². The van der Waals surface area contributed by atoms with Gasteiger partial charge in [0.15, 0.2) is 0 Å². The third kappa shape index (κ3) is 3.23. The van der Waals surface area contributed by atoms with Crippen molar-refractivity contribution in [3.63, 3.8) is 0 Å². The summed E-state index contributed by atoms with van der Waals surface area (Å²) in [6.45, 7) is 2.36. The van der Waals surface area contributed by atoms with E-state index in [1.54, 1.807) is 23.9 Å². The maximum absolute atomic E-state index is 12.4. The van der Waals surface area contributed by atoms with Gasteiger partial charge in [0.2, 0.25) is 5.91 Å². The Kier molecular flexibility index (Phi) is 4.48. The number of carbonyl (C=O) groups excluding carboxylic acids is 2. The van der Waals surface area contributed by atoms with Crippen LogP contribution in [0.2, 0.25) is 5.02 Å². The summed E-state index contributed by atoms with van der Waals surface area (Å²) in [5.74, 6) is 0.312. The lowest BCUT2D eigenvalue weighted by Crippen LogP contribution is -2.43. The predicted octanol–water partition coefficient (Wildman–Crippen LogP) is 1.95. The number of amides is 2. The lowest BCUT2D eigenvalue weighted by Gasteiger charge is -2.34. The van der Waals surface area contributed by atoms with Gasteiger partial charge in [-0.05, 0) is 25.0 Å². The summed E-state index contributed by atoms with van der Waals surface area (Å²) in [5, 5.41) is 7.96. The van der Waals surface area contributed by atoms with E-state index in [0.29, 0.717) is 36.9 Å². The zero-order valence-corrected chi connectivity index (χ0v) is 15.5. The van der Waals surface area contributed by atoms with Gasteiger partial charge in [0.1, 0.15) is 5.69 Å². The Hall–Kier alpha value is -2.28. The molecule has 0 spiro atoms. The quantitative estimate of drug-likeness (QED) is 0.887. The van der Waals surface area contributed by atoms with Crippen molar-refractivity contribution in [1.29, 1.82) is 0 Å². The van der Waals surface area contributed by atoms with E-state index in [0.717, 1.165) is 24.2 Å². The third-order valence-electron chi connectivity index (χ3n) is 5.25. The fourth-order valence-electron chi connectivity index (χ4n) is 3.53. The van der Waals surface area contributed by atoms with Gasteiger partial charge in [0.25, 0.3) is 5.91 Å². The number of carbonyl (C=O) groups is 2. The number of hydrogen-bond donors (Lipinski definition) is 1. The average Bonchev–Trinajstić information content (AvgIpc) is 3.12. The number of nitrogens with one attached hydrogen (secondary N) is 1. The second-order valence-electron chi connectivity index (χ2n) is 7.07. The zero-order chi connectivity index (χ0) is 18.3. The van der Waals surface area contributed by atoms with Crippen molar-refractivity contribution in [3.8, 4) is 0 Å². The summed E-state index contributed by atoms with van der Waals surface area (Å²) >= 11 is 5.92. The largest absolute Gasteiger partial charge is 0.345 e. The van der Waals surface area contributed by atoms with Crippen LogP contribution in [0.5, 0.6) is 0 Å². The van der Waals surface area contributed by atoms with E-state index in [9.17, 15) is 9.59 Å². The molecule has 0 radical (unpaired) electrons. The minimum Gasteiger partial charge on any atom is -0.345 e. The van der Waals surface area contributed by atoms with E-state index in [4.69, 9.17) is 11.6 Å². The first-order valence-electron chi connectivity index (χ1n) is 8.95. The van der Waals surface area contributed by atoms with Crippen LogP contribution in [0.1, 0.15) is 41.1 Å². The van der Waals surface area contributed by atoms with Gasteiger partial charge in [-0.25, -0.2) is 0 Å². The Labute approximate surface area is 156 Å². The fraction of sp³-hybridized carbons (Fsp3) is 0.500. The summed E-state index contributed by atoms with van der Waals surface area (Å²) < 4.78 is 3.63. The van der Waals surface area contributed by atoms with Crippen LogP contribution >= 0.6 is 11.6 Å². The van der Waals surface area contributed by atoms with Crippen molar-refractivity contribution in [1.82, 2.24) is 24.6 Å². The first-order valence-corrected chi connectivity index (χ1v) is 9.33. The normalized spacial score (nSPS) is 16.9. The molecular formula is C18H22ClN5O2. The van der Waals surface area contributed by atoms with Crippen molar-refractivity contribution in [2.24, 2.45) is 13.0 Å². The standard InChI is InChI=1S/C18H22ClN5O2/c1-22-10-13(19)7-16(22)17(25)20-9-14-8-15-11-23(5-6-24(15)21-14)18(26)12-3-2-4-12/h7-8,10,12H,2-6,9,11H2,1H3,(H,20,25). The highest BCUT2D eigenvalue weighted by molar-refractivity contribution is 6.31. The minimum absolute atomic E-state index is 0.188. The minimum atomic E-state index is -0.188. The van der Waals surface area contributed by atoms with E-state index in [1.165, 1.54) is 6.42 Å². The molecule has 0 aromatic carbocycles. The highest BCUT2D eigenvalue weighted by atomic mass is 35.5. The van der Waals surface area contributed by atoms with Crippen molar-refractivity contribution in [2.45, 2.75) is 38.9 Å². The van der Waals surface area contributed by atoms with Crippen LogP contribution in [0, 0.1) is 5.92 Å². The van der Waals surface area contributed by atoms with Crippen molar-refractivity contribution in [2.75, 3.05) is 6.54 Å². The van der Waals surface area contributed by atoms with E-state index in [1.807, 2.05) is 15.6 Å². The maximum Gasteiger partial charge on any atom is 0.268 e. The van der Waals surface area contributed by atoms with Gasteiger partial charge in [-0.1, -0.05) is 18.0 Å². The molecule has 2 aliphatic rings. The molecule has 2 amide bonds. The number of nitrogens with zero attached hydrogens (tertiary/aromatic N) is 4. The monoisotopic (exact) mass is 375 g/mol. The van der Waals surface area contributed by atoms with Crippen LogP contribution in [0.4, 0.5) is 0 Å². The van der Waals surface area contributed by atoms with Crippen molar-refractivity contribution >= 4 is 23.4 Å². The smallest absolute Gasteiger partial charge is 0.268 e. The van der Waals surface area contributed by atoms with Gasteiger partial charge in [-0.2, -0.15) is 5.10 Å². The summed E-state index contributed by atoms with van der Waals surface area (Å²) in [6, 6.07) is 3.61. The molecule has 1 N–H and O–H groups in total. The SMILES string of the molecule is Cn1cc(Cl)cc1C(=O)NCc1cc2n(n1)CCN(C(=O)C1CCC1)C2. The van der Waals surface area contributed by atoms with Crippen LogP contribution in [0.15, 0.2) is 18.3 Å². The first-order chi connectivity index (χ1) is 12.5. The molecule has 138 valence electrons. The van der Waals surface area contributed by atoms with E-state index in [-0.39, 0.29) is 17.7 Å². The lowest BCUT2D eigenvalue weighted by molar-refractivity contribution is -0.139. The fourth-order valence-corrected chi connectivity index (χ4v) is 3.77. The Bertz CT molecular complexity index is 852. The van der Waals surface area contributed by atoms with Gasteiger partial charge < -0.3 is 14.8 Å². The predicted molar refractivity (Wildman–Crippen MR) is 96.6 cm³/mol. The molecule has 3 heterocycles. The van der Waals surface area contributed by atoms with Gasteiger partial charge in [-0.15, -0.1) is 0 Å². The summed E-state index contributed by atoms with van der Waals surface area (Å²) in [4.78, 5) is 26.6. The van der Waals surface area contributed by atoms with Crippen LogP contribution in [0.25, 0.3) is 0 Å². The Morgan fingerprint density at radius 2 is 2.12 bits per heavy atom.